The van der Waals surface area contributed by atoms with Gasteiger partial charge in [0.2, 0.25) is 0 Å². The SMILES string of the molecule is COc1ccc(CCNC(=O)c2cnc(Nc3ccc(C)cc3)cn2)cc1OC. The fourth-order valence-corrected chi connectivity index (χ4v) is 2.74. The van der Waals surface area contributed by atoms with Gasteiger partial charge in [-0.15, -0.1) is 0 Å². The Morgan fingerprint density at radius 1 is 0.966 bits per heavy atom. The van der Waals surface area contributed by atoms with E-state index in [1.807, 2.05) is 49.4 Å². The lowest BCUT2D eigenvalue weighted by Gasteiger charge is -2.10. The second kappa shape index (κ2) is 9.54. The highest BCUT2D eigenvalue weighted by Crippen LogP contribution is 2.27. The fourth-order valence-electron chi connectivity index (χ4n) is 2.74. The second-order valence-electron chi connectivity index (χ2n) is 6.47. The van der Waals surface area contributed by atoms with Crippen LogP contribution in [0, 0.1) is 6.92 Å². The highest BCUT2D eigenvalue weighted by Gasteiger charge is 2.09. The number of carbonyl (C=O) groups is 1. The first-order valence-corrected chi connectivity index (χ1v) is 9.24. The molecule has 0 aliphatic rings. The molecule has 0 atom stereocenters. The van der Waals surface area contributed by atoms with E-state index in [2.05, 4.69) is 20.6 Å². The standard InChI is InChI=1S/C22H24N4O3/c1-15-4-7-17(8-5-15)26-21-14-24-18(13-25-21)22(27)23-11-10-16-6-9-19(28-2)20(12-16)29-3/h4-9,12-14H,10-11H2,1-3H3,(H,23,27)(H,25,26). The molecule has 1 aromatic heterocycles. The van der Waals surface area contributed by atoms with E-state index in [1.54, 1.807) is 20.4 Å². The Kier molecular flexibility index (Phi) is 6.63. The Hall–Kier alpha value is -3.61. The summed E-state index contributed by atoms with van der Waals surface area (Å²) in [6, 6.07) is 13.6. The maximum absolute atomic E-state index is 12.3. The summed E-state index contributed by atoms with van der Waals surface area (Å²) in [6.45, 7) is 2.50. The van der Waals surface area contributed by atoms with Crippen molar-refractivity contribution in [3.05, 3.63) is 71.7 Å². The highest BCUT2D eigenvalue weighted by atomic mass is 16.5. The molecule has 1 heterocycles. The molecule has 29 heavy (non-hydrogen) atoms. The molecule has 7 heteroatoms. The number of benzene rings is 2. The van der Waals surface area contributed by atoms with Crippen LogP contribution in [-0.2, 0) is 6.42 Å². The number of methoxy groups -OCH3 is 2. The van der Waals surface area contributed by atoms with Crippen molar-refractivity contribution in [1.29, 1.82) is 0 Å². The molecule has 0 aliphatic heterocycles. The number of amides is 1. The summed E-state index contributed by atoms with van der Waals surface area (Å²) in [7, 11) is 3.19. The number of hydrogen-bond donors (Lipinski definition) is 2. The van der Waals surface area contributed by atoms with Crippen molar-refractivity contribution in [3.8, 4) is 11.5 Å². The number of nitrogens with zero attached hydrogens (tertiary/aromatic N) is 2. The van der Waals surface area contributed by atoms with Crippen LogP contribution < -0.4 is 20.1 Å². The summed E-state index contributed by atoms with van der Waals surface area (Å²) in [5.41, 5.74) is 3.40. The molecule has 3 aromatic rings. The molecule has 1 amide bonds. The van der Waals surface area contributed by atoms with Gasteiger partial charge in [0.05, 0.1) is 26.6 Å². The normalized spacial score (nSPS) is 10.3. The van der Waals surface area contributed by atoms with Crippen molar-refractivity contribution in [3.63, 3.8) is 0 Å². The van der Waals surface area contributed by atoms with E-state index in [1.165, 1.54) is 11.8 Å². The molecule has 150 valence electrons. The number of hydrogen-bond acceptors (Lipinski definition) is 6. The van der Waals surface area contributed by atoms with Crippen molar-refractivity contribution >= 4 is 17.4 Å². The minimum Gasteiger partial charge on any atom is -0.493 e. The van der Waals surface area contributed by atoms with E-state index in [-0.39, 0.29) is 11.6 Å². The van der Waals surface area contributed by atoms with E-state index in [0.29, 0.717) is 30.3 Å². The van der Waals surface area contributed by atoms with Crippen LogP contribution in [0.4, 0.5) is 11.5 Å². The third kappa shape index (κ3) is 5.44. The summed E-state index contributed by atoms with van der Waals surface area (Å²) in [6.07, 6.45) is 3.66. The Bertz CT molecular complexity index is 957. The van der Waals surface area contributed by atoms with E-state index < -0.39 is 0 Å². The molecule has 3 rings (SSSR count). The van der Waals surface area contributed by atoms with Crippen LogP contribution in [0.2, 0.25) is 0 Å². The van der Waals surface area contributed by atoms with Gasteiger partial charge in [0.1, 0.15) is 11.5 Å². The van der Waals surface area contributed by atoms with Crippen molar-refractivity contribution < 1.29 is 14.3 Å². The number of rotatable bonds is 8. The zero-order chi connectivity index (χ0) is 20.6. The monoisotopic (exact) mass is 392 g/mol. The molecule has 0 spiro atoms. The van der Waals surface area contributed by atoms with Crippen LogP contribution in [-0.4, -0.2) is 36.6 Å². The van der Waals surface area contributed by atoms with Crippen molar-refractivity contribution in [1.82, 2.24) is 15.3 Å². The molecular formula is C22H24N4O3. The molecule has 2 aromatic carbocycles. The Morgan fingerprint density at radius 2 is 1.72 bits per heavy atom. The summed E-state index contributed by atoms with van der Waals surface area (Å²) in [5.74, 6) is 1.66. The fraction of sp³-hybridized carbons (Fsp3) is 0.227. The largest absolute Gasteiger partial charge is 0.493 e. The summed E-state index contributed by atoms with van der Waals surface area (Å²) >= 11 is 0. The van der Waals surface area contributed by atoms with Crippen LogP contribution in [0.3, 0.4) is 0 Å². The van der Waals surface area contributed by atoms with Gasteiger partial charge in [-0.25, -0.2) is 9.97 Å². The van der Waals surface area contributed by atoms with E-state index >= 15 is 0 Å². The number of carbonyl (C=O) groups excluding carboxylic acids is 1. The van der Waals surface area contributed by atoms with Gasteiger partial charge < -0.3 is 20.1 Å². The molecule has 0 unspecified atom stereocenters. The zero-order valence-electron chi connectivity index (χ0n) is 16.7. The first-order chi connectivity index (χ1) is 14.1. The third-order valence-corrected chi connectivity index (χ3v) is 4.36. The smallest absolute Gasteiger partial charge is 0.271 e. The van der Waals surface area contributed by atoms with Crippen LogP contribution >= 0.6 is 0 Å². The molecule has 0 radical (unpaired) electrons. The highest BCUT2D eigenvalue weighted by molar-refractivity contribution is 5.92. The van der Waals surface area contributed by atoms with Gasteiger partial charge in [-0.3, -0.25) is 4.79 Å². The average Bonchev–Trinajstić information content (AvgIpc) is 2.75. The van der Waals surface area contributed by atoms with E-state index in [9.17, 15) is 4.79 Å². The minimum atomic E-state index is -0.264. The maximum atomic E-state index is 12.3. The lowest BCUT2D eigenvalue weighted by molar-refractivity contribution is 0.0949. The van der Waals surface area contributed by atoms with Gasteiger partial charge in [0.25, 0.3) is 5.91 Å². The van der Waals surface area contributed by atoms with Crippen LogP contribution in [0.25, 0.3) is 0 Å². The van der Waals surface area contributed by atoms with Crippen LogP contribution in [0.15, 0.2) is 54.9 Å². The van der Waals surface area contributed by atoms with Gasteiger partial charge >= 0.3 is 0 Å². The molecular weight excluding hydrogens is 368 g/mol. The molecule has 0 fully saturated rings. The Balaban J connectivity index is 1.52. The average molecular weight is 392 g/mol. The second-order valence-corrected chi connectivity index (χ2v) is 6.47. The third-order valence-electron chi connectivity index (χ3n) is 4.36. The van der Waals surface area contributed by atoms with Gasteiger partial charge in [-0.2, -0.15) is 0 Å². The summed E-state index contributed by atoms with van der Waals surface area (Å²) in [5, 5.41) is 6.01. The molecule has 7 nitrogen and oxygen atoms in total. The van der Waals surface area contributed by atoms with Crippen LogP contribution in [0.1, 0.15) is 21.6 Å². The molecule has 0 saturated carbocycles. The van der Waals surface area contributed by atoms with Crippen molar-refractivity contribution in [2.75, 3.05) is 26.1 Å². The quantitative estimate of drug-likeness (QED) is 0.610. The molecule has 0 saturated heterocycles. The van der Waals surface area contributed by atoms with E-state index in [4.69, 9.17) is 9.47 Å². The number of aryl methyl sites for hydroxylation is 1. The van der Waals surface area contributed by atoms with Crippen molar-refractivity contribution in [2.45, 2.75) is 13.3 Å². The van der Waals surface area contributed by atoms with E-state index in [0.717, 1.165) is 11.3 Å². The number of anilines is 2. The molecule has 2 N–H and O–H groups in total. The lowest BCUT2D eigenvalue weighted by atomic mass is 10.1. The predicted octanol–water partition coefficient (Wildman–Crippen LogP) is 3.52. The van der Waals surface area contributed by atoms with Gasteiger partial charge in [-0.05, 0) is 43.2 Å². The van der Waals surface area contributed by atoms with Crippen molar-refractivity contribution in [2.24, 2.45) is 0 Å². The Morgan fingerprint density at radius 3 is 2.38 bits per heavy atom. The molecule has 0 aliphatic carbocycles. The minimum absolute atomic E-state index is 0.264. The topological polar surface area (TPSA) is 85.4 Å². The summed E-state index contributed by atoms with van der Waals surface area (Å²) in [4.78, 5) is 20.7. The predicted molar refractivity (Wildman–Crippen MR) is 112 cm³/mol. The number of ether oxygens (including phenoxy) is 2. The molecule has 0 bridgehead atoms. The summed E-state index contributed by atoms with van der Waals surface area (Å²) < 4.78 is 10.5. The van der Waals surface area contributed by atoms with Gasteiger partial charge in [0, 0.05) is 12.2 Å². The zero-order valence-corrected chi connectivity index (χ0v) is 16.7. The first-order valence-electron chi connectivity index (χ1n) is 9.24. The van der Waals surface area contributed by atoms with Gasteiger partial charge in [0.15, 0.2) is 11.5 Å². The van der Waals surface area contributed by atoms with Crippen LogP contribution in [0.5, 0.6) is 11.5 Å². The lowest BCUT2D eigenvalue weighted by Crippen LogP contribution is -2.26. The Labute approximate surface area is 170 Å². The first kappa shape index (κ1) is 20.1. The maximum Gasteiger partial charge on any atom is 0.271 e. The van der Waals surface area contributed by atoms with Gasteiger partial charge in [-0.1, -0.05) is 23.8 Å². The number of aromatic nitrogens is 2. The number of nitrogens with one attached hydrogen (secondary N) is 2.